The number of amides is 1. The molecule has 1 N–H and O–H groups in total. The van der Waals surface area contributed by atoms with Crippen LogP contribution >= 0.6 is 0 Å². The van der Waals surface area contributed by atoms with Crippen molar-refractivity contribution < 1.29 is 14.2 Å². The molecule has 0 fully saturated rings. The molecule has 20 heavy (non-hydrogen) atoms. The molecular weight excluding hydrogens is 262 g/mol. The number of nitro groups is 1. The van der Waals surface area contributed by atoms with Gasteiger partial charge in [-0.3, -0.25) is 14.9 Å². The predicted molar refractivity (Wildman–Crippen MR) is 71.7 cm³/mol. The fraction of sp³-hybridized carbons (Fsp3) is 0.231. The Kier molecular flexibility index (Phi) is 3.79. The molecule has 2 aromatic rings. The molecule has 0 saturated carbocycles. The second kappa shape index (κ2) is 5.52. The Hall–Kier alpha value is -2.70. The minimum absolute atomic E-state index is 0.00364. The molecule has 0 atom stereocenters. The number of aryl methyl sites for hydroxylation is 2. The van der Waals surface area contributed by atoms with E-state index in [0.29, 0.717) is 5.69 Å². The van der Waals surface area contributed by atoms with Crippen LogP contribution in [0.3, 0.4) is 0 Å². The van der Waals surface area contributed by atoms with E-state index in [1.54, 1.807) is 12.1 Å². The monoisotopic (exact) mass is 275 g/mol. The largest absolute Gasteiger partial charge is 0.353 e. The van der Waals surface area contributed by atoms with Gasteiger partial charge in [-0.2, -0.15) is 0 Å². The van der Waals surface area contributed by atoms with Crippen molar-refractivity contribution in [2.24, 2.45) is 0 Å². The molecule has 2 rings (SSSR count). The number of benzene rings is 1. The van der Waals surface area contributed by atoms with Crippen molar-refractivity contribution in [3.63, 3.8) is 0 Å². The van der Waals surface area contributed by atoms with Crippen LogP contribution in [0.2, 0.25) is 0 Å². The number of aromatic nitrogens is 1. The van der Waals surface area contributed by atoms with E-state index >= 15 is 0 Å². The van der Waals surface area contributed by atoms with E-state index in [9.17, 15) is 14.9 Å². The van der Waals surface area contributed by atoms with Gasteiger partial charge in [0.25, 0.3) is 5.91 Å². The van der Waals surface area contributed by atoms with E-state index in [-0.39, 0.29) is 11.5 Å². The number of nitrogens with one attached hydrogen (secondary N) is 1. The Balaban J connectivity index is 2.31. The lowest BCUT2D eigenvalue weighted by atomic mass is 10.1. The number of para-hydroxylation sites is 1. The average molecular weight is 275 g/mol. The van der Waals surface area contributed by atoms with Gasteiger partial charge in [0.15, 0.2) is 0 Å². The molecule has 0 radical (unpaired) electrons. The van der Waals surface area contributed by atoms with Crippen molar-refractivity contribution in [2.75, 3.05) is 5.32 Å². The van der Waals surface area contributed by atoms with Crippen LogP contribution in [0.15, 0.2) is 28.8 Å². The van der Waals surface area contributed by atoms with Crippen LogP contribution < -0.4 is 5.32 Å². The second-order valence-electron chi connectivity index (χ2n) is 4.16. The maximum Gasteiger partial charge on any atom is 0.344 e. The van der Waals surface area contributed by atoms with Gasteiger partial charge in [-0.05, 0) is 18.1 Å². The first-order valence-corrected chi connectivity index (χ1v) is 6.04. The van der Waals surface area contributed by atoms with Crippen molar-refractivity contribution >= 4 is 17.3 Å². The molecule has 0 saturated heterocycles. The van der Waals surface area contributed by atoms with Gasteiger partial charge in [0.2, 0.25) is 11.5 Å². The zero-order valence-electron chi connectivity index (χ0n) is 11.0. The molecular formula is C13H13N3O4. The number of carbonyl (C=O) groups excluding carboxylic acids is 1. The van der Waals surface area contributed by atoms with Gasteiger partial charge < -0.3 is 9.84 Å². The first kappa shape index (κ1) is 13.7. The van der Waals surface area contributed by atoms with Crippen molar-refractivity contribution in [3.05, 3.63) is 51.4 Å². The summed E-state index contributed by atoms with van der Waals surface area (Å²) in [6.07, 6.45) is 0.733. The van der Waals surface area contributed by atoms with Crippen molar-refractivity contribution in [1.29, 1.82) is 0 Å². The lowest BCUT2D eigenvalue weighted by molar-refractivity contribution is -0.386. The number of hydrogen-bond acceptors (Lipinski definition) is 5. The molecule has 0 unspecified atom stereocenters. The first-order chi connectivity index (χ1) is 9.54. The summed E-state index contributed by atoms with van der Waals surface area (Å²) < 4.78 is 4.72. The summed E-state index contributed by atoms with van der Waals surface area (Å²) in [7, 11) is 0. The molecule has 7 nitrogen and oxygen atoms in total. The second-order valence-corrected chi connectivity index (χ2v) is 4.16. The summed E-state index contributed by atoms with van der Waals surface area (Å²) >= 11 is 0. The number of carbonyl (C=O) groups is 1. The number of anilines is 1. The van der Waals surface area contributed by atoms with Gasteiger partial charge >= 0.3 is 5.69 Å². The van der Waals surface area contributed by atoms with Crippen LogP contribution in [0.1, 0.15) is 28.7 Å². The standard InChI is InChI=1S/C13H13N3O4/c1-3-9-6-4-5-7-10(9)14-13(17)11-12(16(18)19)8(2)20-15-11/h4-7H,3H2,1-2H3,(H,14,17). The van der Waals surface area contributed by atoms with E-state index in [0.717, 1.165) is 12.0 Å². The Bertz CT molecular complexity index is 663. The normalized spacial score (nSPS) is 10.3. The summed E-state index contributed by atoms with van der Waals surface area (Å²) in [5, 5.41) is 17.0. The molecule has 1 heterocycles. The zero-order valence-corrected chi connectivity index (χ0v) is 11.0. The number of nitrogens with zero attached hydrogens (tertiary/aromatic N) is 2. The van der Waals surface area contributed by atoms with Crippen molar-refractivity contribution in [2.45, 2.75) is 20.3 Å². The highest BCUT2D eigenvalue weighted by atomic mass is 16.6. The van der Waals surface area contributed by atoms with Gasteiger partial charge in [0.05, 0.1) is 4.92 Å². The smallest absolute Gasteiger partial charge is 0.344 e. The highest BCUT2D eigenvalue weighted by molar-refractivity contribution is 6.06. The van der Waals surface area contributed by atoms with Crippen LogP contribution in [0, 0.1) is 17.0 Å². The van der Waals surface area contributed by atoms with Crippen molar-refractivity contribution in [1.82, 2.24) is 5.16 Å². The summed E-state index contributed by atoms with van der Waals surface area (Å²) in [5.41, 5.74) is 0.813. The number of rotatable bonds is 4. The molecule has 1 amide bonds. The fourth-order valence-electron chi connectivity index (χ4n) is 1.86. The zero-order chi connectivity index (χ0) is 14.7. The Morgan fingerprint density at radius 3 is 2.80 bits per heavy atom. The predicted octanol–water partition coefficient (Wildman–Crippen LogP) is 2.71. The third-order valence-electron chi connectivity index (χ3n) is 2.88. The summed E-state index contributed by atoms with van der Waals surface area (Å²) in [6.45, 7) is 3.34. The third-order valence-corrected chi connectivity index (χ3v) is 2.88. The third kappa shape index (κ3) is 2.51. The summed E-state index contributed by atoms with van der Waals surface area (Å²) in [5.74, 6) is -0.654. The fourth-order valence-corrected chi connectivity index (χ4v) is 1.86. The highest BCUT2D eigenvalue weighted by Gasteiger charge is 2.29. The van der Waals surface area contributed by atoms with Gasteiger partial charge in [0.1, 0.15) is 0 Å². The van der Waals surface area contributed by atoms with E-state index < -0.39 is 16.5 Å². The van der Waals surface area contributed by atoms with E-state index in [1.807, 2.05) is 19.1 Å². The molecule has 0 aliphatic heterocycles. The molecule has 104 valence electrons. The lowest BCUT2D eigenvalue weighted by Crippen LogP contribution is -2.15. The van der Waals surface area contributed by atoms with Crippen LogP contribution in [-0.2, 0) is 6.42 Å². The van der Waals surface area contributed by atoms with E-state index in [1.165, 1.54) is 6.92 Å². The molecule has 1 aromatic carbocycles. The molecule has 0 aliphatic rings. The summed E-state index contributed by atoms with van der Waals surface area (Å²) in [4.78, 5) is 22.3. The minimum atomic E-state index is -0.674. The first-order valence-electron chi connectivity index (χ1n) is 6.04. The minimum Gasteiger partial charge on any atom is -0.353 e. The Morgan fingerprint density at radius 2 is 2.15 bits per heavy atom. The number of hydrogen-bond donors (Lipinski definition) is 1. The van der Waals surface area contributed by atoms with Gasteiger partial charge in [0, 0.05) is 12.6 Å². The molecule has 0 spiro atoms. The molecule has 1 aromatic heterocycles. The maximum absolute atomic E-state index is 12.1. The van der Waals surface area contributed by atoms with Crippen LogP contribution in [-0.4, -0.2) is 16.0 Å². The molecule has 7 heteroatoms. The average Bonchev–Trinajstić information content (AvgIpc) is 2.81. The SMILES string of the molecule is CCc1ccccc1NC(=O)c1noc(C)c1[N+](=O)[O-]. The molecule has 0 bridgehead atoms. The van der Waals surface area contributed by atoms with E-state index in [2.05, 4.69) is 10.5 Å². The van der Waals surface area contributed by atoms with Gasteiger partial charge in [-0.15, -0.1) is 0 Å². The highest BCUT2D eigenvalue weighted by Crippen LogP contribution is 2.24. The Labute approximate surface area is 114 Å². The van der Waals surface area contributed by atoms with Crippen molar-refractivity contribution in [3.8, 4) is 0 Å². The van der Waals surface area contributed by atoms with Crippen LogP contribution in [0.4, 0.5) is 11.4 Å². The summed E-state index contributed by atoms with van der Waals surface area (Å²) in [6, 6.07) is 7.24. The topological polar surface area (TPSA) is 98.3 Å². The lowest BCUT2D eigenvalue weighted by Gasteiger charge is -2.07. The molecule has 0 aliphatic carbocycles. The van der Waals surface area contributed by atoms with E-state index in [4.69, 9.17) is 4.52 Å². The van der Waals surface area contributed by atoms with Crippen LogP contribution in [0.5, 0.6) is 0 Å². The Morgan fingerprint density at radius 1 is 1.45 bits per heavy atom. The van der Waals surface area contributed by atoms with Crippen LogP contribution in [0.25, 0.3) is 0 Å². The maximum atomic E-state index is 12.1. The quantitative estimate of drug-likeness (QED) is 0.683. The van der Waals surface area contributed by atoms with Gasteiger partial charge in [-0.25, -0.2) is 0 Å². The van der Waals surface area contributed by atoms with Gasteiger partial charge in [-0.1, -0.05) is 30.3 Å².